The van der Waals surface area contributed by atoms with Gasteiger partial charge in [-0.2, -0.15) is 0 Å². The van der Waals surface area contributed by atoms with E-state index in [0.717, 1.165) is 12.5 Å². The van der Waals surface area contributed by atoms with E-state index in [1.165, 1.54) is 36.8 Å². The molecule has 0 saturated carbocycles. The number of benzene rings is 1. The van der Waals surface area contributed by atoms with Crippen LogP contribution < -0.4 is 5.32 Å². The highest BCUT2D eigenvalue weighted by molar-refractivity contribution is 5.28. The van der Waals surface area contributed by atoms with E-state index >= 15 is 0 Å². The molecule has 102 valence electrons. The SMILES string of the molecule is CCCNC(CCCC(C)C)c1ccccc1C. The summed E-state index contributed by atoms with van der Waals surface area (Å²) >= 11 is 0. The molecular formula is C17H29N. The molecule has 1 atom stereocenters. The Morgan fingerprint density at radius 1 is 1.11 bits per heavy atom. The number of hydrogen-bond donors (Lipinski definition) is 1. The fourth-order valence-electron chi connectivity index (χ4n) is 2.39. The second-order valence-corrected chi connectivity index (χ2v) is 5.69. The lowest BCUT2D eigenvalue weighted by molar-refractivity contribution is 0.446. The first-order chi connectivity index (χ1) is 8.65. The lowest BCUT2D eigenvalue weighted by Crippen LogP contribution is -2.23. The molecular weight excluding hydrogens is 218 g/mol. The van der Waals surface area contributed by atoms with Crippen molar-refractivity contribution in [1.82, 2.24) is 5.32 Å². The molecule has 0 fully saturated rings. The Labute approximate surface area is 113 Å². The molecule has 0 aliphatic heterocycles. The van der Waals surface area contributed by atoms with Crippen LogP contribution in [0.25, 0.3) is 0 Å². The van der Waals surface area contributed by atoms with Crippen LogP contribution >= 0.6 is 0 Å². The number of aryl methyl sites for hydroxylation is 1. The summed E-state index contributed by atoms with van der Waals surface area (Å²) in [5.74, 6) is 0.814. The van der Waals surface area contributed by atoms with E-state index in [4.69, 9.17) is 0 Å². The Morgan fingerprint density at radius 2 is 1.83 bits per heavy atom. The minimum atomic E-state index is 0.532. The van der Waals surface area contributed by atoms with E-state index < -0.39 is 0 Å². The van der Waals surface area contributed by atoms with Crippen LogP contribution in [0.3, 0.4) is 0 Å². The van der Waals surface area contributed by atoms with Crippen molar-refractivity contribution in [2.75, 3.05) is 6.54 Å². The van der Waals surface area contributed by atoms with E-state index in [9.17, 15) is 0 Å². The van der Waals surface area contributed by atoms with Gasteiger partial charge in [-0.05, 0) is 43.4 Å². The van der Waals surface area contributed by atoms with Gasteiger partial charge in [-0.25, -0.2) is 0 Å². The first kappa shape index (κ1) is 15.2. The molecule has 1 aromatic rings. The van der Waals surface area contributed by atoms with Crippen LogP contribution in [-0.2, 0) is 0 Å². The molecule has 0 aromatic heterocycles. The van der Waals surface area contributed by atoms with Gasteiger partial charge in [0.25, 0.3) is 0 Å². The third kappa shape index (κ3) is 5.22. The highest BCUT2D eigenvalue weighted by Gasteiger charge is 2.12. The summed E-state index contributed by atoms with van der Waals surface area (Å²) in [6.07, 6.45) is 5.10. The van der Waals surface area contributed by atoms with Crippen LogP contribution in [-0.4, -0.2) is 6.54 Å². The average Bonchev–Trinajstić information content (AvgIpc) is 2.34. The molecule has 0 aliphatic rings. The quantitative estimate of drug-likeness (QED) is 0.691. The number of rotatable bonds is 8. The first-order valence-electron chi connectivity index (χ1n) is 7.44. The Bertz CT molecular complexity index is 330. The predicted molar refractivity (Wildman–Crippen MR) is 80.9 cm³/mol. The minimum absolute atomic E-state index is 0.532. The monoisotopic (exact) mass is 247 g/mol. The van der Waals surface area contributed by atoms with Crippen molar-refractivity contribution in [1.29, 1.82) is 0 Å². The van der Waals surface area contributed by atoms with E-state index in [-0.39, 0.29) is 0 Å². The lowest BCUT2D eigenvalue weighted by atomic mass is 9.95. The molecule has 0 heterocycles. The van der Waals surface area contributed by atoms with Crippen molar-refractivity contribution in [3.05, 3.63) is 35.4 Å². The minimum Gasteiger partial charge on any atom is -0.310 e. The zero-order valence-corrected chi connectivity index (χ0v) is 12.5. The molecule has 0 radical (unpaired) electrons. The van der Waals surface area contributed by atoms with Crippen LogP contribution in [0.2, 0.25) is 0 Å². The van der Waals surface area contributed by atoms with Gasteiger partial charge in [-0.15, -0.1) is 0 Å². The van der Waals surface area contributed by atoms with Gasteiger partial charge in [0.1, 0.15) is 0 Å². The summed E-state index contributed by atoms with van der Waals surface area (Å²) in [5, 5.41) is 3.70. The summed E-state index contributed by atoms with van der Waals surface area (Å²) in [4.78, 5) is 0. The highest BCUT2D eigenvalue weighted by Crippen LogP contribution is 2.23. The molecule has 0 aliphatic carbocycles. The molecule has 1 aromatic carbocycles. The maximum Gasteiger partial charge on any atom is 0.0322 e. The normalized spacial score (nSPS) is 12.9. The summed E-state index contributed by atoms with van der Waals surface area (Å²) in [6.45, 7) is 10.2. The van der Waals surface area contributed by atoms with Crippen molar-refractivity contribution in [3.63, 3.8) is 0 Å². The third-order valence-corrected chi connectivity index (χ3v) is 3.48. The molecule has 1 rings (SSSR count). The summed E-state index contributed by atoms with van der Waals surface area (Å²) in [6, 6.07) is 9.32. The Kier molecular flexibility index (Phi) is 7.04. The molecule has 1 heteroatoms. The lowest BCUT2D eigenvalue weighted by Gasteiger charge is -2.21. The van der Waals surface area contributed by atoms with Gasteiger partial charge in [0.05, 0.1) is 0 Å². The zero-order chi connectivity index (χ0) is 13.4. The molecule has 0 spiro atoms. The maximum atomic E-state index is 3.70. The Morgan fingerprint density at radius 3 is 2.44 bits per heavy atom. The molecule has 18 heavy (non-hydrogen) atoms. The molecule has 0 bridgehead atoms. The van der Waals surface area contributed by atoms with Gasteiger partial charge in [0.15, 0.2) is 0 Å². The largest absolute Gasteiger partial charge is 0.310 e. The van der Waals surface area contributed by atoms with Gasteiger partial charge in [0.2, 0.25) is 0 Å². The van der Waals surface area contributed by atoms with Crippen LogP contribution in [0.5, 0.6) is 0 Å². The number of hydrogen-bond acceptors (Lipinski definition) is 1. The molecule has 1 N–H and O–H groups in total. The maximum absolute atomic E-state index is 3.70. The topological polar surface area (TPSA) is 12.0 Å². The first-order valence-corrected chi connectivity index (χ1v) is 7.44. The smallest absolute Gasteiger partial charge is 0.0322 e. The van der Waals surface area contributed by atoms with Gasteiger partial charge in [-0.3, -0.25) is 0 Å². The standard InChI is InChI=1S/C17H29N/c1-5-13-18-17(12-8-9-14(2)3)16-11-7-6-10-15(16)4/h6-7,10-11,14,17-18H,5,8-9,12-13H2,1-4H3. The fraction of sp³-hybridized carbons (Fsp3) is 0.647. The molecule has 1 nitrogen and oxygen atoms in total. The predicted octanol–water partition coefficient (Wildman–Crippen LogP) is 4.86. The van der Waals surface area contributed by atoms with Crippen molar-refractivity contribution in [2.24, 2.45) is 5.92 Å². The second-order valence-electron chi connectivity index (χ2n) is 5.69. The summed E-state index contributed by atoms with van der Waals surface area (Å²) in [5.41, 5.74) is 2.89. The molecule has 0 saturated heterocycles. The average molecular weight is 247 g/mol. The van der Waals surface area contributed by atoms with Crippen molar-refractivity contribution in [2.45, 2.75) is 59.4 Å². The second kappa shape index (κ2) is 8.31. The van der Waals surface area contributed by atoms with Crippen LogP contribution in [0.15, 0.2) is 24.3 Å². The third-order valence-electron chi connectivity index (χ3n) is 3.48. The highest BCUT2D eigenvalue weighted by atomic mass is 14.9. The zero-order valence-electron chi connectivity index (χ0n) is 12.5. The van der Waals surface area contributed by atoms with Crippen molar-refractivity contribution >= 4 is 0 Å². The van der Waals surface area contributed by atoms with Crippen molar-refractivity contribution < 1.29 is 0 Å². The molecule has 0 amide bonds. The van der Waals surface area contributed by atoms with E-state index in [1.807, 2.05) is 0 Å². The summed E-state index contributed by atoms with van der Waals surface area (Å²) in [7, 11) is 0. The molecule has 1 unspecified atom stereocenters. The van der Waals surface area contributed by atoms with E-state index in [2.05, 4.69) is 57.3 Å². The van der Waals surface area contributed by atoms with Gasteiger partial charge >= 0.3 is 0 Å². The summed E-state index contributed by atoms with van der Waals surface area (Å²) < 4.78 is 0. The van der Waals surface area contributed by atoms with E-state index in [0.29, 0.717) is 6.04 Å². The number of nitrogens with one attached hydrogen (secondary N) is 1. The Balaban J connectivity index is 2.62. The van der Waals surface area contributed by atoms with Crippen molar-refractivity contribution in [3.8, 4) is 0 Å². The van der Waals surface area contributed by atoms with Crippen LogP contribution in [0, 0.1) is 12.8 Å². The van der Waals surface area contributed by atoms with Gasteiger partial charge in [0, 0.05) is 6.04 Å². The van der Waals surface area contributed by atoms with E-state index in [1.54, 1.807) is 0 Å². The Hall–Kier alpha value is -0.820. The van der Waals surface area contributed by atoms with Gasteiger partial charge < -0.3 is 5.32 Å². The van der Waals surface area contributed by atoms with Crippen LogP contribution in [0.1, 0.15) is 63.6 Å². The van der Waals surface area contributed by atoms with Gasteiger partial charge in [-0.1, -0.05) is 57.9 Å². The fourth-order valence-corrected chi connectivity index (χ4v) is 2.39. The van der Waals surface area contributed by atoms with Crippen LogP contribution in [0.4, 0.5) is 0 Å².